The fourth-order valence-corrected chi connectivity index (χ4v) is 2.80. The average molecular weight is 378 g/mol. The van der Waals surface area contributed by atoms with Gasteiger partial charge in [-0.25, -0.2) is 4.98 Å². The van der Waals surface area contributed by atoms with Gasteiger partial charge in [-0.1, -0.05) is 18.2 Å². The monoisotopic (exact) mass is 378 g/mol. The number of carbonyl (C=O) groups excluding carboxylic acids is 2. The molecule has 0 spiro atoms. The molecule has 0 unspecified atom stereocenters. The van der Waals surface area contributed by atoms with Crippen LogP contribution in [0.25, 0.3) is 10.9 Å². The fraction of sp³-hybridized carbons (Fsp3) is 0.238. The van der Waals surface area contributed by atoms with Crippen LogP contribution in [0.15, 0.2) is 47.3 Å². The third-order valence-electron chi connectivity index (χ3n) is 4.64. The molecular formula is C21H22N4O3. The molecule has 0 atom stereocenters. The van der Waals surface area contributed by atoms with E-state index in [1.807, 2.05) is 19.9 Å². The molecule has 1 heterocycles. The molecule has 0 saturated heterocycles. The van der Waals surface area contributed by atoms with Gasteiger partial charge in [0.15, 0.2) is 0 Å². The van der Waals surface area contributed by atoms with Crippen molar-refractivity contribution in [2.75, 3.05) is 13.6 Å². The fourth-order valence-electron chi connectivity index (χ4n) is 2.80. The predicted octanol–water partition coefficient (Wildman–Crippen LogP) is 1.93. The van der Waals surface area contributed by atoms with Gasteiger partial charge in [-0.05, 0) is 49.2 Å². The average Bonchev–Trinajstić information content (AvgIpc) is 2.68. The Morgan fingerprint density at radius 3 is 2.61 bits per heavy atom. The molecule has 0 aliphatic heterocycles. The summed E-state index contributed by atoms with van der Waals surface area (Å²) in [5.41, 5.74) is 2.96. The van der Waals surface area contributed by atoms with E-state index in [-0.39, 0.29) is 30.5 Å². The summed E-state index contributed by atoms with van der Waals surface area (Å²) >= 11 is 0. The van der Waals surface area contributed by atoms with Crippen LogP contribution >= 0.6 is 0 Å². The SMILES string of the molecule is Cc1ccc(C(=O)NCC(=O)N(C)Cc2nc3ccccc3c(=O)[nH]2)cc1C. The number of rotatable bonds is 5. The van der Waals surface area contributed by atoms with Gasteiger partial charge in [-0.2, -0.15) is 0 Å². The van der Waals surface area contributed by atoms with E-state index in [2.05, 4.69) is 15.3 Å². The Bertz CT molecular complexity index is 1100. The number of hydrogen-bond acceptors (Lipinski definition) is 4. The zero-order chi connectivity index (χ0) is 20.3. The molecule has 1 aromatic heterocycles. The van der Waals surface area contributed by atoms with E-state index in [0.29, 0.717) is 22.3 Å². The lowest BCUT2D eigenvalue weighted by molar-refractivity contribution is -0.129. The molecule has 0 aliphatic carbocycles. The van der Waals surface area contributed by atoms with E-state index < -0.39 is 0 Å². The van der Waals surface area contributed by atoms with Gasteiger partial charge >= 0.3 is 0 Å². The van der Waals surface area contributed by atoms with Crippen molar-refractivity contribution in [1.82, 2.24) is 20.2 Å². The quantitative estimate of drug-likeness (QED) is 0.709. The number of para-hydroxylation sites is 1. The van der Waals surface area contributed by atoms with Crippen LogP contribution in [0.1, 0.15) is 27.3 Å². The highest BCUT2D eigenvalue weighted by Crippen LogP contribution is 2.10. The van der Waals surface area contributed by atoms with Crippen LogP contribution in [0.3, 0.4) is 0 Å². The topological polar surface area (TPSA) is 95.2 Å². The highest BCUT2D eigenvalue weighted by Gasteiger charge is 2.14. The maximum Gasteiger partial charge on any atom is 0.258 e. The van der Waals surface area contributed by atoms with Crippen molar-refractivity contribution < 1.29 is 9.59 Å². The van der Waals surface area contributed by atoms with Crippen LogP contribution in [0.5, 0.6) is 0 Å². The molecule has 2 aromatic carbocycles. The number of aromatic nitrogens is 2. The van der Waals surface area contributed by atoms with Gasteiger partial charge in [-0.15, -0.1) is 0 Å². The van der Waals surface area contributed by atoms with Crippen LogP contribution in [0.2, 0.25) is 0 Å². The summed E-state index contributed by atoms with van der Waals surface area (Å²) in [7, 11) is 1.60. The predicted molar refractivity (Wildman–Crippen MR) is 107 cm³/mol. The summed E-state index contributed by atoms with van der Waals surface area (Å²) in [6.45, 7) is 3.90. The minimum atomic E-state index is -0.304. The summed E-state index contributed by atoms with van der Waals surface area (Å²) in [5.74, 6) is -0.199. The molecule has 7 nitrogen and oxygen atoms in total. The lowest BCUT2D eigenvalue weighted by Crippen LogP contribution is -2.38. The van der Waals surface area contributed by atoms with E-state index in [9.17, 15) is 14.4 Å². The third-order valence-corrected chi connectivity index (χ3v) is 4.64. The third kappa shape index (κ3) is 4.25. The first-order chi connectivity index (χ1) is 13.3. The zero-order valence-electron chi connectivity index (χ0n) is 16.1. The number of likely N-dealkylation sites (N-methyl/N-ethyl adjacent to an activating group) is 1. The van der Waals surface area contributed by atoms with Crippen molar-refractivity contribution in [3.8, 4) is 0 Å². The van der Waals surface area contributed by atoms with Gasteiger partial charge in [0.05, 0.1) is 24.0 Å². The van der Waals surface area contributed by atoms with Crippen molar-refractivity contribution in [1.29, 1.82) is 0 Å². The standard InChI is InChI=1S/C21H22N4O3/c1-13-8-9-15(10-14(13)2)20(27)22-11-19(26)25(3)12-18-23-17-7-5-4-6-16(17)21(28)24-18/h4-10H,11-12H2,1-3H3,(H,22,27)(H,23,24,28). The first-order valence-electron chi connectivity index (χ1n) is 8.92. The second-order valence-electron chi connectivity index (χ2n) is 6.76. The molecule has 3 rings (SSSR count). The molecule has 7 heteroatoms. The molecule has 0 saturated carbocycles. The number of aryl methyl sites for hydroxylation is 2. The Morgan fingerprint density at radius 2 is 1.86 bits per heavy atom. The molecule has 3 aromatic rings. The maximum absolute atomic E-state index is 12.3. The van der Waals surface area contributed by atoms with Crippen molar-refractivity contribution in [2.24, 2.45) is 0 Å². The molecule has 0 fully saturated rings. The second-order valence-corrected chi connectivity index (χ2v) is 6.76. The number of H-pyrrole nitrogens is 1. The summed E-state index contributed by atoms with van der Waals surface area (Å²) in [4.78, 5) is 45.2. The minimum absolute atomic E-state index is 0.137. The summed E-state index contributed by atoms with van der Waals surface area (Å²) in [6, 6.07) is 12.4. The maximum atomic E-state index is 12.3. The number of nitrogens with one attached hydrogen (secondary N) is 2. The van der Waals surface area contributed by atoms with Gasteiger partial charge in [0.1, 0.15) is 5.82 Å². The highest BCUT2D eigenvalue weighted by molar-refractivity contribution is 5.96. The normalized spacial score (nSPS) is 10.7. The lowest BCUT2D eigenvalue weighted by atomic mass is 10.1. The van der Waals surface area contributed by atoms with E-state index in [1.54, 1.807) is 43.4 Å². The number of amides is 2. The number of benzene rings is 2. The second kappa shape index (κ2) is 8.04. The van der Waals surface area contributed by atoms with Gasteiger partial charge in [-0.3, -0.25) is 14.4 Å². The first-order valence-corrected chi connectivity index (χ1v) is 8.92. The van der Waals surface area contributed by atoms with E-state index in [1.165, 1.54) is 4.90 Å². The van der Waals surface area contributed by atoms with E-state index in [4.69, 9.17) is 0 Å². The molecule has 2 N–H and O–H groups in total. The number of aromatic amines is 1. The van der Waals surface area contributed by atoms with Gasteiger partial charge in [0.25, 0.3) is 11.5 Å². The Morgan fingerprint density at radius 1 is 1.11 bits per heavy atom. The van der Waals surface area contributed by atoms with Crippen LogP contribution in [0.4, 0.5) is 0 Å². The summed E-state index contributed by atoms with van der Waals surface area (Å²) < 4.78 is 0. The Labute approximate surface area is 162 Å². The molecular weight excluding hydrogens is 356 g/mol. The summed E-state index contributed by atoms with van der Waals surface area (Å²) in [5, 5.41) is 3.13. The zero-order valence-corrected chi connectivity index (χ0v) is 16.1. The highest BCUT2D eigenvalue weighted by atomic mass is 16.2. The molecule has 0 radical (unpaired) electrons. The number of nitrogens with zero attached hydrogens (tertiary/aromatic N) is 2. The number of carbonyl (C=O) groups is 2. The van der Waals surface area contributed by atoms with Gasteiger partial charge < -0.3 is 15.2 Å². The van der Waals surface area contributed by atoms with Gasteiger partial charge in [0.2, 0.25) is 5.91 Å². The number of hydrogen-bond donors (Lipinski definition) is 2. The lowest BCUT2D eigenvalue weighted by Gasteiger charge is -2.17. The van der Waals surface area contributed by atoms with Crippen LogP contribution in [0, 0.1) is 13.8 Å². The Balaban J connectivity index is 1.62. The van der Waals surface area contributed by atoms with Crippen LogP contribution < -0.4 is 10.9 Å². The molecule has 0 aliphatic rings. The van der Waals surface area contributed by atoms with Crippen molar-refractivity contribution in [2.45, 2.75) is 20.4 Å². The smallest absolute Gasteiger partial charge is 0.258 e. The Hall–Kier alpha value is -3.48. The largest absolute Gasteiger partial charge is 0.343 e. The van der Waals surface area contributed by atoms with Crippen molar-refractivity contribution >= 4 is 22.7 Å². The minimum Gasteiger partial charge on any atom is -0.343 e. The van der Waals surface area contributed by atoms with E-state index in [0.717, 1.165) is 11.1 Å². The Kier molecular flexibility index (Phi) is 5.54. The van der Waals surface area contributed by atoms with Crippen LogP contribution in [-0.2, 0) is 11.3 Å². The molecule has 28 heavy (non-hydrogen) atoms. The first kappa shape index (κ1) is 19.3. The van der Waals surface area contributed by atoms with Crippen LogP contribution in [-0.4, -0.2) is 40.3 Å². The number of fused-ring (bicyclic) bond motifs is 1. The molecule has 2 amide bonds. The van der Waals surface area contributed by atoms with Gasteiger partial charge in [0, 0.05) is 12.6 Å². The molecule has 144 valence electrons. The van der Waals surface area contributed by atoms with Crippen molar-refractivity contribution in [3.63, 3.8) is 0 Å². The summed E-state index contributed by atoms with van der Waals surface area (Å²) in [6.07, 6.45) is 0. The van der Waals surface area contributed by atoms with Crippen molar-refractivity contribution in [3.05, 3.63) is 75.3 Å². The molecule has 0 bridgehead atoms. The van der Waals surface area contributed by atoms with E-state index >= 15 is 0 Å².